The van der Waals surface area contributed by atoms with Crippen LogP contribution in [0.25, 0.3) is 0 Å². The Bertz CT molecular complexity index is 547. The number of ether oxygens (including phenoxy) is 1. The van der Waals surface area contributed by atoms with Gasteiger partial charge in [0.2, 0.25) is 5.91 Å². The third-order valence-corrected chi connectivity index (χ3v) is 2.79. The molecular weight excluding hydrogens is 273 g/mol. The minimum Gasteiger partial charge on any atom is -0.460 e. The Balaban J connectivity index is 2.80. The lowest BCUT2D eigenvalue weighted by Gasteiger charge is -2.19. The van der Waals surface area contributed by atoms with Gasteiger partial charge >= 0.3 is 5.97 Å². The fourth-order valence-corrected chi connectivity index (χ4v) is 1.90. The van der Waals surface area contributed by atoms with Gasteiger partial charge in [-0.05, 0) is 57.4 Å². The molecule has 0 spiro atoms. The van der Waals surface area contributed by atoms with Crippen molar-refractivity contribution >= 4 is 17.6 Å². The van der Waals surface area contributed by atoms with Crippen molar-refractivity contribution in [2.45, 2.75) is 53.1 Å². The largest absolute Gasteiger partial charge is 0.460 e. The van der Waals surface area contributed by atoms with Crippen LogP contribution in [0.15, 0.2) is 12.1 Å². The van der Waals surface area contributed by atoms with E-state index in [4.69, 9.17) is 4.74 Å². The normalized spacial score (nSPS) is 11.1. The molecule has 116 valence electrons. The average Bonchev–Trinajstić information content (AvgIpc) is 2.28. The lowest BCUT2D eigenvalue weighted by Crippen LogP contribution is -2.24. The number of nitrogens with one attached hydrogen (secondary N) is 1. The topological polar surface area (TPSA) is 55.4 Å². The second-order valence-corrected chi connectivity index (χ2v) is 6.01. The molecule has 1 aromatic rings. The van der Waals surface area contributed by atoms with Gasteiger partial charge in [0.15, 0.2) is 0 Å². The maximum absolute atomic E-state index is 13.8. The molecule has 0 atom stereocenters. The number of anilines is 1. The van der Waals surface area contributed by atoms with E-state index >= 15 is 0 Å². The fourth-order valence-electron chi connectivity index (χ4n) is 1.90. The summed E-state index contributed by atoms with van der Waals surface area (Å²) in [4.78, 5) is 22.7. The monoisotopic (exact) mass is 295 g/mol. The standard InChI is InChI=1S/C16H22FNO3/c1-10-12(6-7-15(20)21-16(3,4)5)8-13(9-14(10)17)18-11(2)19/h8-9H,6-7H2,1-5H3,(H,18,19). The summed E-state index contributed by atoms with van der Waals surface area (Å²) < 4.78 is 19.0. The Morgan fingerprint density at radius 3 is 2.43 bits per heavy atom. The molecule has 0 heterocycles. The fraction of sp³-hybridized carbons (Fsp3) is 0.500. The Kier molecular flexibility index (Phi) is 5.47. The average molecular weight is 295 g/mol. The van der Waals surface area contributed by atoms with E-state index in [9.17, 15) is 14.0 Å². The summed E-state index contributed by atoms with van der Waals surface area (Å²) in [6.45, 7) is 8.41. The summed E-state index contributed by atoms with van der Waals surface area (Å²) in [5.74, 6) is -0.996. The molecule has 0 saturated heterocycles. The highest BCUT2D eigenvalue weighted by molar-refractivity contribution is 5.88. The number of aryl methyl sites for hydroxylation is 1. The van der Waals surface area contributed by atoms with Crippen LogP contribution < -0.4 is 5.32 Å². The Labute approximate surface area is 124 Å². The number of hydrogen-bond acceptors (Lipinski definition) is 3. The maximum Gasteiger partial charge on any atom is 0.306 e. The zero-order chi connectivity index (χ0) is 16.2. The number of rotatable bonds is 4. The Hall–Kier alpha value is -1.91. The second kappa shape index (κ2) is 6.70. The SMILES string of the molecule is CC(=O)Nc1cc(F)c(C)c(CCC(=O)OC(C)(C)C)c1. The summed E-state index contributed by atoms with van der Waals surface area (Å²) in [5.41, 5.74) is 1.03. The predicted octanol–water partition coefficient (Wildman–Crippen LogP) is 3.37. The zero-order valence-electron chi connectivity index (χ0n) is 13.2. The van der Waals surface area contributed by atoms with Crippen LogP contribution in [-0.2, 0) is 20.7 Å². The third kappa shape index (κ3) is 5.94. The number of halogens is 1. The van der Waals surface area contributed by atoms with Crippen LogP contribution in [0.2, 0.25) is 0 Å². The first-order valence-corrected chi connectivity index (χ1v) is 6.87. The van der Waals surface area contributed by atoms with Crippen molar-refractivity contribution in [1.29, 1.82) is 0 Å². The third-order valence-electron chi connectivity index (χ3n) is 2.79. The van der Waals surface area contributed by atoms with Gasteiger partial charge in [-0.2, -0.15) is 0 Å². The molecule has 0 saturated carbocycles. The van der Waals surface area contributed by atoms with Crippen LogP contribution in [0.3, 0.4) is 0 Å². The Morgan fingerprint density at radius 1 is 1.29 bits per heavy atom. The molecule has 1 rings (SSSR count). The number of benzene rings is 1. The summed E-state index contributed by atoms with van der Waals surface area (Å²) in [6.07, 6.45) is 0.534. The van der Waals surface area contributed by atoms with Gasteiger partial charge in [0.25, 0.3) is 0 Å². The molecule has 5 heteroatoms. The minimum absolute atomic E-state index is 0.168. The number of carbonyl (C=O) groups excluding carboxylic acids is 2. The number of carbonyl (C=O) groups is 2. The lowest BCUT2D eigenvalue weighted by molar-refractivity contribution is -0.154. The second-order valence-electron chi connectivity index (χ2n) is 6.01. The van der Waals surface area contributed by atoms with Crippen LogP contribution in [0, 0.1) is 12.7 Å². The number of esters is 1. The van der Waals surface area contributed by atoms with Crippen molar-refractivity contribution in [1.82, 2.24) is 0 Å². The van der Waals surface area contributed by atoms with Gasteiger partial charge in [-0.3, -0.25) is 9.59 Å². The molecule has 0 aliphatic carbocycles. The van der Waals surface area contributed by atoms with Crippen molar-refractivity contribution in [2.24, 2.45) is 0 Å². The molecular formula is C16H22FNO3. The van der Waals surface area contributed by atoms with Crippen LogP contribution in [0.4, 0.5) is 10.1 Å². The molecule has 0 bridgehead atoms. The van der Waals surface area contributed by atoms with E-state index in [0.717, 1.165) is 0 Å². The van der Waals surface area contributed by atoms with Crippen molar-refractivity contribution in [3.05, 3.63) is 29.1 Å². The quantitative estimate of drug-likeness (QED) is 0.866. The van der Waals surface area contributed by atoms with Crippen molar-refractivity contribution in [2.75, 3.05) is 5.32 Å². The smallest absolute Gasteiger partial charge is 0.306 e. The molecule has 0 radical (unpaired) electrons. The summed E-state index contributed by atoms with van der Waals surface area (Å²) in [7, 11) is 0. The van der Waals surface area contributed by atoms with Crippen molar-refractivity contribution < 1.29 is 18.7 Å². The van der Waals surface area contributed by atoms with Gasteiger partial charge in [0, 0.05) is 19.0 Å². The van der Waals surface area contributed by atoms with Gasteiger partial charge < -0.3 is 10.1 Å². The first kappa shape index (κ1) is 17.1. The van der Waals surface area contributed by atoms with Crippen LogP contribution in [0.5, 0.6) is 0 Å². The number of amides is 1. The molecule has 0 aromatic heterocycles. The first-order valence-electron chi connectivity index (χ1n) is 6.87. The molecule has 0 aliphatic heterocycles. The maximum atomic E-state index is 13.8. The van der Waals surface area contributed by atoms with Crippen LogP contribution in [0.1, 0.15) is 45.2 Å². The molecule has 21 heavy (non-hydrogen) atoms. The molecule has 0 unspecified atom stereocenters. The van der Waals surface area contributed by atoms with E-state index in [1.54, 1.807) is 33.8 Å². The van der Waals surface area contributed by atoms with Crippen LogP contribution in [-0.4, -0.2) is 17.5 Å². The molecule has 0 fully saturated rings. The van der Waals surface area contributed by atoms with E-state index in [2.05, 4.69) is 5.32 Å². The van der Waals surface area contributed by atoms with Gasteiger partial charge in [-0.15, -0.1) is 0 Å². The van der Waals surface area contributed by atoms with E-state index in [0.29, 0.717) is 23.2 Å². The Morgan fingerprint density at radius 2 is 1.90 bits per heavy atom. The molecule has 0 aliphatic rings. The number of hydrogen-bond donors (Lipinski definition) is 1. The van der Waals surface area contributed by atoms with Gasteiger partial charge in [0.05, 0.1) is 0 Å². The van der Waals surface area contributed by atoms with Gasteiger partial charge in [-0.1, -0.05) is 0 Å². The molecule has 1 amide bonds. The van der Waals surface area contributed by atoms with Gasteiger partial charge in [0.1, 0.15) is 11.4 Å². The summed E-state index contributed by atoms with van der Waals surface area (Å²) >= 11 is 0. The minimum atomic E-state index is -0.532. The molecule has 1 N–H and O–H groups in total. The molecule has 1 aromatic carbocycles. The zero-order valence-corrected chi connectivity index (χ0v) is 13.2. The highest BCUT2D eigenvalue weighted by Gasteiger charge is 2.17. The van der Waals surface area contributed by atoms with E-state index in [1.165, 1.54) is 13.0 Å². The summed E-state index contributed by atoms with van der Waals surface area (Å²) in [5, 5.41) is 2.54. The van der Waals surface area contributed by atoms with E-state index < -0.39 is 11.4 Å². The highest BCUT2D eigenvalue weighted by Crippen LogP contribution is 2.21. The van der Waals surface area contributed by atoms with Crippen molar-refractivity contribution in [3.8, 4) is 0 Å². The molecule has 4 nitrogen and oxygen atoms in total. The van der Waals surface area contributed by atoms with E-state index in [1.807, 2.05) is 0 Å². The highest BCUT2D eigenvalue weighted by atomic mass is 19.1. The predicted molar refractivity (Wildman–Crippen MR) is 79.6 cm³/mol. The van der Waals surface area contributed by atoms with Crippen molar-refractivity contribution in [3.63, 3.8) is 0 Å². The lowest BCUT2D eigenvalue weighted by atomic mass is 10.0. The summed E-state index contributed by atoms with van der Waals surface area (Å²) in [6, 6.07) is 2.96. The van der Waals surface area contributed by atoms with Gasteiger partial charge in [-0.25, -0.2) is 4.39 Å². The van der Waals surface area contributed by atoms with E-state index in [-0.39, 0.29) is 18.3 Å². The first-order chi connectivity index (χ1) is 9.58. The van der Waals surface area contributed by atoms with Crippen LogP contribution >= 0.6 is 0 Å².